The molecule has 0 radical (unpaired) electrons. The zero-order chi connectivity index (χ0) is 43.2. The second kappa shape index (κ2) is 14.5. The molecule has 1 aliphatic rings. The Morgan fingerprint density at radius 3 is 1.50 bits per heavy atom. The summed E-state index contributed by atoms with van der Waals surface area (Å²) >= 11 is 0. The molecule has 0 saturated carbocycles. The monoisotopic (exact) mass is 825 g/mol. The highest BCUT2D eigenvalue weighted by Gasteiger charge is 2.38. The molecule has 308 valence electrons. The molecule has 0 aliphatic heterocycles. The van der Waals surface area contributed by atoms with Crippen LogP contribution in [0.2, 0.25) is 0 Å². The predicted octanol–water partition coefficient (Wildman–Crippen LogP) is 15.1. The molecule has 1 aliphatic carbocycles. The van der Waals surface area contributed by atoms with E-state index in [1.807, 2.05) is 6.07 Å². The molecule has 8 aromatic carbocycles. The van der Waals surface area contributed by atoms with E-state index >= 15 is 0 Å². The van der Waals surface area contributed by atoms with Crippen molar-refractivity contribution in [1.82, 2.24) is 24.1 Å². The van der Waals surface area contributed by atoms with Crippen molar-refractivity contribution in [2.75, 3.05) is 0 Å². The molecular weight excluding hydrogens is 779 g/mol. The third-order valence-corrected chi connectivity index (χ3v) is 13.8. The van der Waals surface area contributed by atoms with Crippen LogP contribution in [-0.4, -0.2) is 24.1 Å². The van der Waals surface area contributed by atoms with Crippen LogP contribution in [0.5, 0.6) is 0 Å². The third kappa shape index (κ3) is 6.10. The van der Waals surface area contributed by atoms with Crippen LogP contribution >= 0.6 is 0 Å². The van der Waals surface area contributed by atoms with E-state index in [0.717, 1.165) is 62.8 Å². The Balaban J connectivity index is 1.15. The second-order valence-corrected chi connectivity index (χ2v) is 18.7. The zero-order valence-electron chi connectivity index (χ0n) is 36.5. The highest BCUT2D eigenvalue weighted by atomic mass is 15.2. The van der Waals surface area contributed by atoms with Crippen LogP contribution < -0.4 is 0 Å². The summed E-state index contributed by atoms with van der Waals surface area (Å²) in [5.41, 5.74) is 15.0. The number of rotatable bonds is 6. The minimum Gasteiger partial charge on any atom is -0.307 e. The van der Waals surface area contributed by atoms with Gasteiger partial charge in [0.1, 0.15) is 0 Å². The van der Waals surface area contributed by atoms with E-state index in [9.17, 15) is 0 Å². The first-order chi connectivity index (χ1) is 31.2. The molecule has 3 heterocycles. The van der Waals surface area contributed by atoms with E-state index in [1.54, 1.807) is 0 Å². The van der Waals surface area contributed by atoms with Gasteiger partial charge in [-0.15, -0.1) is 0 Å². The molecule has 0 fully saturated rings. The number of nitrogens with zero attached hydrogens (tertiary/aromatic N) is 5. The van der Waals surface area contributed by atoms with Gasteiger partial charge in [0.25, 0.3) is 0 Å². The van der Waals surface area contributed by atoms with Gasteiger partial charge in [-0.2, -0.15) is 9.97 Å². The standard InChI is InChI=1S/C59H47N5/c1-58(2)33-34-59(3,4)50-37-52-48(36-49(50)58)47-32-31-46-45-25-14-15-26-51(45)63(44-23-12-7-13-24-44)53(46)54(47)64(52)57-61-55(40-19-10-6-11-20-40)60-56(62-57)41-29-27-39(28-30-41)43-22-16-21-42(35-43)38-17-8-5-9-18-38/h5-32,35-37H,33-34H2,1-4H3. The van der Waals surface area contributed by atoms with Crippen LogP contribution in [0.4, 0.5) is 0 Å². The summed E-state index contributed by atoms with van der Waals surface area (Å²) in [5, 5.41) is 4.77. The molecule has 0 amide bonds. The normalized spacial score (nSPS) is 14.4. The van der Waals surface area contributed by atoms with Gasteiger partial charge in [-0.3, -0.25) is 4.57 Å². The second-order valence-electron chi connectivity index (χ2n) is 18.7. The maximum Gasteiger partial charge on any atom is 0.238 e. The molecule has 11 aromatic rings. The maximum absolute atomic E-state index is 5.50. The van der Waals surface area contributed by atoms with Gasteiger partial charge in [-0.25, -0.2) is 4.98 Å². The van der Waals surface area contributed by atoms with Crippen LogP contribution in [0.15, 0.2) is 188 Å². The highest BCUT2D eigenvalue weighted by molar-refractivity contribution is 6.24. The summed E-state index contributed by atoms with van der Waals surface area (Å²) in [4.78, 5) is 16.2. The number of hydrogen-bond donors (Lipinski definition) is 0. The number of aromatic nitrogens is 5. The summed E-state index contributed by atoms with van der Waals surface area (Å²) in [6.07, 6.45) is 2.25. The summed E-state index contributed by atoms with van der Waals surface area (Å²) < 4.78 is 4.78. The van der Waals surface area contributed by atoms with Gasteiger partial charge in [0.2, 0.25) is 5.95 Å². The minimum atomic E-state index is -0.00357. The fourth-order valence-corrected chi connectivity index (χ4v) is 10.3. The molecule has 0 unspecified atom stereocenters. The molecule has 0 bridgehead atoms. The number of benzene rings is 8. The number of hydrogen-bond acceptors (Lipinski definition) is 3. The van der Waals surface area contributed by atoms with Crippen molar-refractivity contribution in [1.29, 1.82) is 0 Å². The van der Waals surface area contributed by atoms with Crippen LogP contribution in [0.25, 0.3) is 100 Å². The van der Waals surface area contributed by atoms with Crippen molar-refractivity contribution in [3.8, 4) is 56.7 Å². The molecule has 0 saturated heterocycles. The fraction of sp³-hybridized carbons (Fsp3) is 0.136. The third-order valence-electron chi connectivity index (χ3n) is 13.8. The van der Waals surface area contributed by atoms with E-state index in [0.29, 0.717) is 17.6 Å². The Labute approximate surface area is 373 Å². The summed E-state index contributed by atoms with van der Waals surface area (Å²) in [6.45, 7) is 9.63. The summed E-state index contributed by atoms with van der Waals surface area (Å²) in [7, 11) is 0. The minimum absolute atomic E-state index is 0.00357. The first-order valence-electron chi connectivity index (χ1n) is 22.4. The highest BCUT2D eigenvalue weighted by Crippen LogP contribution is 2.50. The SMILES string of the molecule is CC1(C)CCC(C)(C)c2cc3c(cc21)c1ccc2c4ccccc4n(-c4ccccc4)c2c1n3-c1nc(-c2ccccc2)nc(-c2ccc(-c3cccc(-c4ccccc4)c3)cc2)n1. The van der Waals surface area contributed by atoms with Crippen molar-refractivity contribution in [3.05, 3.63) is 199 Å². The van der Waals surface area contributed by atoms with Crippen molar-refractivity contribution in [2.45, 2.75) is 51.4 Å². The molecule has 0 atom stereocenters. The first-order valence-corrected chi connectivity index (χ1v) is 22.4. The average Bonchev–Trinajstić information content (AvgIpc) is 3.86. The van der Waals surface area contributed by atoms with Crippen LogP contribution in [0.1, 0.15) is 51.7 Å². The molecular formula is C59H47N5. The molecule has 0 spiro atoms. The predicted molar refractivity (Wildman–Crippen MR) is 266 cm³/mol. The topological polar surface area (TPSA) is 48.5 Å². The first kappa shape index (κ1) is 38.1. The van der Waals surface area contributed by atoms with E-state index in [2.05, 4.69) is 219 Å². The molecule has 5 nitrogen and oxygen atoms in total. The van der Waals surface area contributed by atoms with Crippen LogP contribution in [0.3, 0.4) is 0 Å². The molecule has 0 N–H and O–H groups in total. The lowest BCUT2D eigenvalue weighted by molar-refractivity contribution is 0.332. The van der Waals surface area contributed by atoms with Gasteiger partial charge < -0.3 is 4.57 Å². The van der Waals surface area contributed by atoms with Gasteiger partial charge in [0.15, 0.2) is 11.6 Å². The Hall–Kier alpha value is -7.63. The number of fused-ring (bicyclic) bond motifs is 8. The van der Waals surface area contributed by atoms with Gasteiger partial charge in [0.05, 0.1) is 22.1 Å². The Morgan fingerprint density at radius 1 is 0.359 bits per heavy atom. The van der Waals surface area contributed by atoms with Crippen molar-refractivity contribution < 1.29 is 0 Å². The smallest absolute Gasteiger partial charge is 0.238 e. The molecule has 64 heavy (non-hydrogen) atoms. The average molecular weight is 826 g/mol. The lowest BCUT2D eigenvalue weighted by atomic mass is 9.63. The van der Waals surface area contributed by atoms with Crippen LogP contribution in [0, 0.1) is 0 Å². The van der Waals surface area contributed by atoms with Crippen molar-refractivity contribution in [2.24, 2.45) is 0 Å². The lowest BCUT2D eigenvalue weighted by Crippen LogP contribution is -2.33. The molecule has 5 heteroatoms. The largest absolute Gasteiger partial charge is 0.307 e. The summed E-state index contributed by atoms with van der Waals surface area (Å²) in [6, 6.07) is 67.4. The van der Waals surface area contributed by atoms with Crippen molar-refractivity contribution in [3.63, 3.8) is 0 Å². The van der Waals surface area contributed by atoms with Gasteiger partial charge in [0, 0.05) is 38.4 Å². The van der Waals surface area contributed by atoms with E-state index in [4.69, 9.17) is 15.0 Å². The Morgan fingerprint density at radius 2 is 0.844 bits per heavy atom. The zero-order valence-corrected chi connectivity index (χ0v) is 36.5. The molecule has 3 aromatic heterocycles. The lowest BCUT2D eigenvalue weighted by Gasteiger charge is -2.42. The van der Waals surface area contributed by atoms with Gasteiger partial charge in [-0.05, 0) is 93.5 Å². The van der Waals surface area contributed by atoms with E-state index < -0.39 is 0 Å². The fourth-order valence-electron chi connectivity index (χ4n) is 10.3. The van der Waals surface area contributed by atoms with Crippen molar-refractivity contribution >= 4 is 43.6 Å². The Kier molecular flexibility index (Phi) is 8.61. The number of para-hydroxylation sites is 2. The van der Waals surface area contributed by atoms with E-state index in [1.165, 1.54) is 43.8 Å². The van der Waals surface area contributed by atoms with E-state index in [-0.39, 0.29) is 10.8 Å². The summed E-state index contributed by atoms with van der Waals surface area (Å²) in [5.74, 6) is 1.85. The molecule has 12 rings (SSSR count). The Bertz CT molecular complexity index is 3580. The van der Waals surface area contributed by atoms with Gasteiger partial charge >= 0.3 is 0 Å². The van der Waals surface area contributed by atoms with Crippen LogP contribution in [-0.2, 0) is 10.8 Å². The van der Waals surface area contributed by atoms with Gasteiger partial charge in [-0.1, -0.05) is 179 Å². The quantitative estimate of drug-likeness (QED) is 0.168. The maximum atomic E-state index is 5.50.